The van der Waals surface area contributed by atoms with Gasteiger partial charge in [0, 0.05) is 30.1 Å². The molecular formula is C21H21N3O2. The third-order valence-corrected chi connectivity index (χ3v) is 4.02. The number of ketones is 1. The molecule has 3 aromatic rings. The molecular weight excluding hydrogens is 326 g/mol. The molecule has 0 bridgehead atoms. The van der Waals surface area contributed by atoms with Crippen molar-refractivity contribution in [1.82, 2.24) is 9.97 Å². The summed E-state index contributed by atoms with van der Waals surface area (Å²) in [5.41, 5.74) is 3.36. The first-order valence-corrected chi connectivity index (χ1v) is 8.47. The zero-order valence-corrected chi connectivity index (χ0v) is 14.9. The van der Waals surface area contributed by atoms with E-state index in [9.17, 15) is 4.79 Å². The molecule has 26 heavy (non-hydrogen) atoms. The van der Waals surface area contributed by atoms with E-state index in [2.05, 4.69) is 15.3 Å². The number of hydrogen-bond donors (Lipinski definition) is 1. The Labute approximate surface area is 153 Å². The van der Waals surface area contributed by atoms with Crippen LogP contribution in [0.1, 0.15) is 28.0 Å². The van der Waals surface area contributed by atoms with Crippen LogP contribution in [-0.2, 0) is 6.42 Å². The molecule has 2 aromatic heterocycles. The predicted molar refractivity (Wildman–Crippen MR) is 102 cm³/mol. The molecule has 132 valence electrons. The summed E-state index contributed by atoms with van der Waals surface area (Å²) in [5, 5.41) is 3.25. The van der Waals surface area contributed by atoms with E-state index in [4.69, 9.17) is 4.74 Å². The van der Waals surface area contributed by atoms with Crippen molar-refractivity contribution in [2.75, 3.05) is 12.4 Å². The maximum absolute atomic E-state index is 12.7. The molecule has 0 unspecified atom stereocenters. The highest BCUT2D eigenvalue weighted by molar-refractivity contribution is 6.01. The number of pyridine rings is 2. The summed E-state index contributed by atoms with van der Waals surface area (Å²) < 4.78 is 5.05. The molecule has 1 N–H and O–H groups in total. The normalized spacial score (nSPS) is 10.4. The second-order valence-corrected chi connectivity index (χ2v) is 5.97. The van der Waals surface area contributed by atoms with Crippen molar-refractivity contribution < 1.29 is 9.53 Å². The highest BCUT2D eigenvalue weighted by atomic mass is 16.5. The van der Waals surface area contributed by atoms with Crippen molar-refractivity contribution in [1.29, 1.82) is 0 Å². The summed E-state index contributed by atoms with van der Waals surface area (Å²) in [6, 6.07) is 17.1. The zero-order valence-electron chi connectivity index (χ0n) is 14.9. The summed E-state index contributed by atoms with van der Waals surface area (Å²) >= 11 is 0. The summed E-state index contributed by atoms with van der Waals surface area (Å²) in [6.45, 7) is 1.91. The van der Waals surface area contributed by atoms with Crippen molar-refractivity contribution in [2.45, 2.75) is 19.8 Å². The third kappa shape index (κ3) is 4.45. The molecule has 0 radical (unpaired) electrons. The van der Waals surface area contributed by atoms with E-state index in [1.54, 1.807) is 19.4 Å². The molecule has 0 atom stereocenters. The lowest BCUT2D eigenvalue weighted by atomic mass is 10.0. The largest absolute Gasteiger partial charge is 0.481 e. The minimum atomic E-state index is 0.0479. The third-order valence-electron chi connectivity index (χ3n) is 4.02. The lowest BCUT2D eigenvalue weighted by Gasteiger charge is -2.11. The monoisotopic (exact) mass is 347 g/mol. The minimum Gasteiger partial charge on any atom is -0.481 e. The molecule has 5 nitrogen and oxygen atoms in total. The van der Waals surface area contributed by atoms with Crippen LogP contribution in [-0.4, -0.2) is 22.9 Å². The summed E-state index contributed by atoms with van der Waals surface area (Å²) in [5.74, 6) is 1.21. The average Bonchev–Trinajstić information content (AvgIpc) is 2.67. The lowest BCUT2D eigenvalue weighted by molar-refractivity contribution is 0.0983. The molecule has 0 aliphatic rings. The summed E-state index contributed by atoms with van der Waals surface area (Å²) in [7, 11) is 1.58. The second kappa shape index (κ2) is 8.25. The number of carbonyl (C=O) groups is 1. The van der Waals surface area contributed by atoms with Gasteiger partial charge in [-0.25, -0.2) is 9.97 Å². The number of aromatic nitrogens is 2. The first kappa shape index (κ1) is 17.6. The van der Waals surface area contributed by atoms with Gasteiger partial charge in [0.2, 0.25) is 5.88 Å². The van der Waals surface area contributed by atoms with Crippen LogP contribution in [0.25, 0.3) is 0 Å². The fourth-order valence-electron chi connectivity index (χ4n) is 2.61. The van der Waals surface area contributed by atoms with E-state index in [1.807, 2.05) is 55.5 Å². The molecule has 0 fully saturated rings. The molecule has 0 saturated heterocycles. The highest BCUT2D eigenvalue weighted by Gasteiger charge is 2.14. The SMILES string of the molecule is COc1ccc(CCC(=O)c2ccc(C)nc2Nc2ccccc2)cn1. The Morgan fingerprint density at radius 3 is 2.58 bits per heavy atom. The van der Waals surface area contributed by atoms with Gasteiger partial charge in [-0.15, -0.1) is 0 Å². The van der Waals surface area contributed by atoms with Crippen LogP contribution < -0.4 is 10.1 Å². The first-order valence-electron chi connectivity index (χ1n) is 8.47. The van der Waals surface area contributed by atoms with Gasteiger partial charge in [-0.2, -0.15) is 0 Å². The van der Waals surface area contributed by atoms with Crippen molar-refractivity contribution >= 4 is 17.3 Å². The molecule has 3 rings (SSSR count). The van der Waals surface area contributed by atoms with Crippen molar-refractivity contribution in [3.63, 3.8) is 0 Å². The Morgan fingerprint density at radius 2 is 1.88 bits per heavy atom. The number of rotatable bonds is 7. The fraction of sp³-hybridized carbons (Fsp3) is 0.190. The predicted octanol–water partition coefficient (Wildman–Crippen LogP) is 4.35. The van der Waals surface area contributed by atoms with Gasteiger partial charge in [-0.1, -0.05) is 24.3 Å². The Kier molecular flexibility index (Phi) is 5.59. The Bertz CT molecular complexity index is 878. The number of carbonyl (C=O) groups excluding carboxylic acids is 1. The minimum absolute atomic E-state index is 0.0479. The van der Waals surface area contributed by atoms with Crippen molar-refractivity contribution in [3.8, 4) is 5.88 Å². The Morgan fingerprint density at radius 1 is 1.08 bits per heavy atom. The molecule has 0 aliphatic heterocycles. The van der Waals surface area contributed by atoms with Crippen LogP contribution in [0.3, 0.4) is 0 Å². The zero-order chi connectivity index (χ0) is 18.4. The average molecular weight is 347 g/mol. The van der Waals surface area contributed by atoms with Gasteiger partial charge in [0.05, 0.1) is 12.7 Å². The number of nitrogens with one attached hydrogen (secondary N) is 1. The number of Topliss-reactive ketones (excluding diaryl/α,β-unsaturated/α-hetero) is 1. The summed E-state index contributed by atoms with van der Waals surface area (Å²) in [4.78, 5) is 21.4. The van der Waals surface area contributed by atoms with Crippen molar-refractivity contribution in [2.24, 2.45) is 0 Å². The van der Waals surface area contributed by atoms with Crippen LogP contribution in [0.2, 0.25) is 0 Å². The van der Waals surface area contributed by atoms with E-state index in [0.717, 1.165) is 16.9 Å². The van der Waals surface area contributed by atoms with Crippen LogP contribution in [0, 0.1) is 6.92 Å². The summed E-state index contributed by atoms with van der Waals surface area (Å²) in [6.07, 6.45) is 2.75. The van der Waals surface area contributed by atoms with E-state index in [-0.39, 0.29) is 5.78 Å². The van der Waals surface area contributed by atoms with E-state index < -0.39 is 0 Å². The van der Waals surface area contributed by atoms with Crippen LogP contribution in [0.5, 0.6) is 5.88 Å². The number of ether oxygens (including phenoxy) is 1. The van der Waals surface area contributed by atoms with E-state index in [1.165, 1.54) is 0 Å². The number of methoxy groups -OCH3 is 1. The van der Waals surface area contributed by atoms with Gasteiger partial charge in [0.25, 0.3) is 0 Å². The topological polar surface area (TPSA) is 64.1 Å². The number of para-hydroxylation sites is 1. The molecule has 5 heteroatoms. The van der Waals surface area contributed by atoms with Gasteiger partial charge in [-0.05, 0) is 43.2 Å². The smallest absolute Gasteiger partial charge is 0.212 e. The molecule has 1 aromatic carbocycles. The van der Waals surface area contributed by atoms with E-state index in [0.29, 0.717) is 30.1 Å². The van der Waals surface area contributed by atoms with Gasteiger partial charge in [0.1, 0.15) is 5.82 Å². The number of anilines is 2. The van der Waals surface area contributed by atoms with Crippen LogP contribution >= 0.6 is 0 Å². The quantitative estimate of drug-likeness (QED) is 0.644. The van der Waals surface area contributed by atoms with Gasteiger partial charge < -0.3 is 10.1 Å². The number of benzene rings is 1. The lowest BCUT2D eigenvalue weighted by Crippen LogP contribution is -2.08. The second-order valence-electron chi connectivity index (χ2n) is 5.97. The number of aryl methyl sites for hydroxylation is 2. The molecule has 0 spiro atoms. The maximum atomic E-state index is 12.7. The number of hydrogen-bond acceptors (Lipinski definition) is 5. The van der Waals surface area contributed by atoms with Crippen LogP contribution in [0.15, 0.2) is 60.8 Å². The highest BCUT2D eigenvalue weighted by Crippen LogP contribution is 2.21. The van der Waals surface area contributed by atoms with Crippen LogP contribution in [0.4, 0.5) is 11.5 Å². The molecule has 0 amide bonds. The Balaban J connectivity index is 1.73. The molecule has 2 heterocycles. The Hall–Kier alpha value is -3.21. The first-order chi connectivity index (χ1) is 12.7. The standard InChI is InChI=1S/C21H21N3O2/c1-15-8-11-18(21(23-15)24-17-6-4-3-5-7-17)19(25)12-9-16-10-13-20(26-2)22-14-16/h3-8,10-11,13-14H,9,12H2,1-2H3,(H,23,24). The van der Waals surface area contributed by atoms with Gasteiger partial charge in [0.15, 0.2) is 5.78 Å². The maximum Gasteiger partial charge on any atom is 0.212 e. The fourth-order valence-corrected chi connectivity index (χ4v) is 2.61. The number of nitrogens with zero attached hydrogens (tertiary/aromatic N) is 2. The molecule has 0 saturated carbocycles. The van der Waals surface area contributed by atoms with Crippen molar-refractivity contribution in [3.05, 3.63) is 77.6 Å². The molecule has 0 aliphatic carbocycles. The van der Waals surface area contributed by atoms with Gasteiger partial charge in [-0.3, -0.25) is 4.79 Å². The van der Waals surface area contributed by atoms with Gasteiger partial charge >= 0.3 is 0 Å². The van der Waals surface area contributed by atoms with E-state index >= 15 is 0 Å².